The van der Waals surface area contributed by atoms with Crippen LogP contribution in [0.2, 0.25) is 5.28 Å². The predicted molar refractivity (Wildman–Crippen MR) is 88.6 cm³/mol. The molecule has 2 atom stereocenters. The number of carbonyl (C=O) groups excluding carboxylic acids is 2. The molecular formula is C14H19ClN6O3. The molecule has 0 bridgehead atoms. The van der Waals surface area contributed by atoms with Crippen molar-refractivity contribution in [2.24, 2.45) is 5.16 Å². The lowest BCUT2D eigenvalue weighted by Crippen LogP contribution is -2.42. The highest BCUT2D eigenvalue weighted by Crippen LogP contribution is 2.13. The zero-order chi connectivity index (χ0) is 17.7. The highest BCUT2D eigenvalue weighted by molar-refractivity contribution is 6.28. The number of anilines is 1. The van der Waals surface area contributed by atoms with E-state index in [0.29, 0.717) is 6.42 Å². The Balaban J connectivity index is 1.75. The Hall–Kier alpha value is -2.42. The fourth-order valence-electron chi connectivity index (χ4n) is 2.12. The number of carbonyl (C=O) groups is 2. The summed E-state index contributed by atoms with van der Waals surface area (Å²) < 4.78 is 0. The third kappa shape index (κ3) is 5.34. The number of rotatable bonds is 6. The van der Waals surface area contributed by atoms with Gasteiger partial charge in [0, 0.05) is 25.1 Å². The van der Waals surface area contributed by atoms with E-state index in [1.807, 2.05) is 6.92 Å². The van der Waals surface area contributed by atoms with E-state index in [4.69, 9.17) is 22.2 Å². The lowest BCUT2D eigenvalue weighted by Gasteiger charge is -2.15. The normalized spacial score (nSPS) is 17.6. The average Bonchev–Trinajstić information content (AvgIpc) is 2.89. The summed E-state index contributed by atoms with van der Waals surface area (Å²) in [6, 6.07) is 1.02. The molecule has 1 aliphatic heterocycles. The van der Waals surface area contributed by atoms with Crippen LogP contribution in [0.5, 0.6) is 0 Å². The molecule has 2 amide bonds. The summed E-state index contributed by atoms with van der Waals surface area (Å²) in [5.41, 5.74) is 6.46. The molecule has 2 heterocycles. The van der Waals surface area contributed by atoms with E-state index in [1.54, 1.807) is 6.92 Å². The molecule has 0 aliphatic carbocycles. The second-order valence-electron chi connectivity index (χ2n) is 5.59. The van der Waals surface area contributed by atoms with Crippen LogP contribution in [0, 0.1) is 0 Å². The lowest BCUT2D eigenvalue weighted by atomic mass is 10.1. The Morgan fingerprint density at radius 1 is 1.50 bits per heavy atom. The summed E-state index contributed by atoms with van der Waals surface area (Å²) in [6.45, 7) is 3.87. The Morgan fingerprint density at radius 3 is 2.88 bits per heavy atom. The number of hydrogen-bond donors (Lipinski definition) is 3. The van der Waals surface area contributed by atoms with Crippen LogP contribution < -0.4 is 16.4 Å². The zero-order valence-electron chi connectivity index (χ0n) is 13.4. The number of nitrogen functional groups attached to an aromatic ring is 1. The molecule has 0 saturated heterocycles. The van der Waals surface area contributed by atoms with Gasteiger partial charge in [-0.2, -0.15) is 0 Å². The Kier molecular flexibility index (Phi) is 5.91. The van der Waals surface area contributed by atoms with Crippen LogP contribution in [-0.4, -0.2) is 46.2 Å². The smallest absolute Gasteiger partial charge is 0.270 e. The quantitative estimate of drug-likeness (QED) is 0.637. The Labute approximate surface area is 144 Å². The minimum Gasteiger partial charge on any atom is -0.392 e. The standard InChI is InChI=1S/C14H19ClN6O3/c1-7-3-9(24-21-7)4-12(22)17-6-8(2)18-13(23)10-5-11(16)20-14(15)19-10/h5,8-9H,3-4,6H2,1-2H3,(H,17,22)(H,18,23)(H2,16,19,20)/t8-,9?/m0/s1. The van der Waals surface area contributed by atoms with Crippen molar-refractivity contribution in [3.63, 3.8) is 0 Å². The van der Waals surface area contributed by atoms with Crippen molar-refractivity contribution in [3.05, 3.63) is 17.0 Å². The minimum absolute atomic E-state index is 0.0673. The molecule has 24 heavy (non-hydrogen) atoms. The van der Waals surface area contributed by atoms with Gasteiger partial charge < -0.3 is 21.2 Å². The van der Waals surface area contributed by atoms with E-state index in [-0.39, 0.29) is 47.8 Å². The van der Waals surface area contributed by atoms with E-state index < -0.39 is 5.91 Å². The maximum atomic E-state index is 12.1. The summed E-state index contributed by atoms with van der Waals surface area (Å²) in [5.74, 6) is -0.508. The van der Waals surface area contributed by atoms with Crippen LogP contribution in [0.3, 0.4) is 0 Å². The van der Waals surface area contributed by atoms with Crippen LogP contribution in [0.1, 0.15) is 37.2 Å². The van der Waals surface area contributed by atoms with Crippen molar-refractivity contribution < 1.29 is 14.4 Å². The van der Waals surface area contributed by atoms with Crippen molar-refractivity contribution in [1.29, 1.82) is 0 Å². The predicted octanol–water partition coefficient (Wildman–Crippen LogP) is 0.502. The molecule has 4 N–H and O–H groups in total. The Morgan fingerprint density at radius 2 is 2.25 bits per heavy atom. The average molecular weight is 355 g/mol. The molecule has 9 nitrogen and oxygen atoms in total. The van der Waals surface area contributed by atoms with Gasteiger partial charge in [0.2, 0.25) is 11.2 Å². The number of hydrogen-bond acceptors (Lipinski definition) is 7. The van der Waals surface area contributed by atoms with Gasteiger partial charge in [-0.05, 0) is 25.4 Å². The molecule has 0 saturated carbocycles. The summed E-state index contributed by atoms with van der Waals surface area (Å²) in [4.78, 5) is 36.5. The lowest BCUT2D eigenvalue weighted by molar-refractivity contribution is -0.123. The van der Waals surface area contributed by atoms with Gasteiger partial charge in [0.1, 0.15) is 17.6 Å². The van der Waals surface area contributed by atoms with E-state index in [9.17, 15) is 9.59 Å². The topological polar surface area (TPSA) is 132 Å². The third-order valence-corrected chi connectivity index (χ3v) is 3.40. The number of nitrogens with two attached hydrogens (primary N) is 1. The summed E-state index contributed by atoms with van der Waals surface area (Å²) in [7, 11) is 0. The van der Waals surface area contributed by atoms with Gasteiger partial charge in [-0.25, -0.2) is 9.97 Å². The first-order valence-electron chi connectivity index (χ1n) is 7.40. The van der Waals surface area contributed by atoms with Crippen molar-refractivity contribution in [3.8, 4) is 0 Å². The summed E-state index contributed by atoms with van der Waals surface area (Å²) >= 11 is 5.66. The molecule has 1 unspecified atom stereocenters. The molecule has 0 spiro atoms. The fourth-order valence-corrected chi connectivity index (χ4v) is 2.31. The molecule has 10 heteroatoms. The zero-order valence-corrected chi connectivity index (χ0v) is 14.1. The largest absolute Gasteiger partial charge is 0.392 e. The van der Waals surface area contributed by atoms with Gasteiger partial charge in [0.25, 0.3) is 5.91 Å². The first-order valence-corrected chi connectivity index (χ1v) is 7.78. The van der Waals surface area contributed by atoms with Crippen molar-refractivity contribution in [2.45, 2.75) is 38.8 Å². The van der Waals surface area contributed by atoms with Crippen LogP contribution in [-0.2, 0) is 9.63 Å². The van der Waals surface area contributed by atoms with Gasteiger partial charge in [0.15, 0.2) is 0 Å². The van der Waals surface area contributed by atoms with Gasteiger partial charge in [-0.15, -0.1) is 0 Å². The molecule has 1 aromatic rings. The molecular weight excluding hydrogens is 336 g/mol. The summed E-state index contributed by atoms with van der Waals surface area (Å²) in [5, 5.41) is 9.13. The first-order chi connectivity index (χ1) is 11.3. The molecule has 0 fully saturated rings. The monoisotopic (exact) mass is 354 g/mol. The van der Waals surface area contributed by atoms with Crippen LogP contribution in [0.4, 0.5) is 5.82 Å². The van der Waals surface area contributed by atoms with Gasteiger partial charge in [-0.1, -0.05) is 5.16 Å². The summed E-state index contributed by atoms with van der Waals surface area (Å²) in [6.07, 6.45) is 0.649. The van der Waals surface area contributed by atoms with Crippen LogP contribution >= 0.6 is 11.6 Å². The van der Waals surface area contributed by atoms with Gasteiger partial charge in [-0.3, -0.25) is 9.59 Å². The van der Waals surface area contributed by atoms with Crippen LogP contribution in [0.15, 0.2) is 11.2 Å². The maximum Gasteiger partial charge on any atom is 0.270 e. The van der Waals surface area contributed by atoms with E-state index in [0.717, 1.165) is 5.71 Å². The number of amides is 2. The number of oxime groups is 1. The molecule has 1 aromatic heterocycles. The van der Waals surface area contributed by atoms with Crippen molar-refractivity contribution >= 4 is 34.9 Å². The second kappa shape index (κ2) is 7.91. The fraction of sp³-hybridized carbons (Fsp3) is 0.500. The number of halogens is 1. The molecule has 0 aromatic carbocycles. The molecule has 2 rings (SSSR count). The third-order valence-electron chi connectivity index (χ3n) is 3.23. The number of aromatic nitrogens is 2. The molecule has 130 valence electrons. The maximum absolute atomic E-state index is 12.1. The highest BCUT2D eigenvalue weighted by atomic mass is 35.5. The van der Waals surface area contributed by atoms with Gasteiger partial charge >= 0.3 is 0 Å². The minimum atomic E-state index is -0.448. The second-order valence-corrected chi connectivity index (χ2v) is 5.93. The van der Waals surface area contributed by atoms with Crippen molar-refractivity contribution in [2.75, 3.05) is 12.3 Å². The van der Waals surface area contributed by atoms with E-state index in [2.05, 4.69) is 25.8 Å². The first kappa shape index (κ1) is 17.9. The van der Waals surface area contributed by atoms with Crippen molar-refractivity contribution in [1.82, 2.24) is 20.6 Å². The highest BCUT2D eigenvalue weighted by Gasteiger charge is 2.21. The van der Waals surface area contributed by atoms with E-state index >= 15 is 0 Å². The molecule has 0 radical (unpaired) electrons. The van der Waals surface area contributed by atoms with E-state index in [1.165, 1.54) is 6.07 Å². The SMILES string of the molecule is CC1=NOC(CC(=O)NC[C@H](C)NC(=O)c2cc(N)nc(Cl)n2)C1. The van der Waals surface area contributed by atoms with Crippen LogP contribution in [0.25, 0.3) is 0 Å². The van der Waals surface area contributed by atoms with Gasteiger partial charge in [0.05, 0.1) is 12.1 Å². The number of nitrogens with one attached hydrogen (secondary N) is 2. The molecule has 1 aliphatic rings. The number of nitrogens with zero attached hydrogens (tertiary/aromatic N) is 3. The Bertz CT molecular complexity index is 646.